The second kappa shape index (κ2) is 8.89. The molecule has 32 heavy (non-hydrogen) atoms. The fourth-order valence-electron chi connectivity index (χ4n) is 3.50. The zero-order chi connectivity index (χ0) is 22.9. The van der Waals surface area contributed by atoms with Crippen molar-refractivity contribution in [1.29, 1.82) is 0 Å². The third-order valence-corrected chi connectivity index (χ3v) is 7.60. The molecule has 9 nitrogen and oxygen atoms in total. The van der Waals surface area contributed by atoms with Gasteiger partial charge < -0.3 is 14.3 Å². The van der Waals surface area contributed by atoms with Gasteiger partial charge >= 0.3 is 5.97 Å². The van der Waals surface area contributed by atoms with Gasteiger partial charge in [-0.15, -0.1) is 10.2 Å². The molecule has 0 atom stereocenters. The standard InChI is InChI=1S/C21H20ClN3O6S/c1-30-15-4-2-13(3-5-15)19-23-24-20(31-19)17-12-16(6-7-18(17)22)32(28,29)25-10-8-14(9-11-25)21(26)27/h2-7,12,14H,8-11H2,1H3,(H,26,27). The van der Waals surface area contributed by atoms with E-state index in [1.807, 2.05) is 0 Å². The molecule has 1 aliphatic heterocycles. The zero-order valence-corrected chi connectivity index (χ0v) is 18.6. The van der Waals surface area contributed by atoms with Crippen molar-refractivity contribution in [2.75, 3.05) is 20.2 Å². The number of carboxylic acids is 1. The molecule has 4 rings (SSSR count). The van der Waals surface area contributed by atoms with E-state index in [0.29, 0.717) is 16.9 Å². The highest BCUT2D eigenvalue weighted by Crippen LogP contribution is 2.33. The van der Waals surface area contributed by atoms with Crippen LogP contribution in [0.1, 0.15) is 12.8 Å². The van der Waals surface area contributed by atoms with Crippen molar-refractivity contribution in [2.45, 2.75) is 17.7 Å². The summed E-state index contributed by atoms with van der Waals surface area (Å²) in [7, 11) is -2.27. The predicted molar refractivity (Wildman–Crippen MR) is 116 cm³/mol. The quantitative estimate of drug-likeness (QED) is 0.571. The number of aliphatic carboxylic acids is 1. The van der Waals surface area contributed by atoms with Crippen molar-refractivity contribution in [3.8, 4) is 28.7 Å². The van der Waals surface area contributed by atoms with Crippen LogP contribution < -0.4 is 4.74 Å². The lowest BCUT2D eigenvalue weighted by molar-refractivity contribution is -0.142. The predicted octanol–water partition coefficient (Wildman–Crippen LogP) is 3.55. The van der Waals surface area contributed by atoms with Gasteiger partial charge in [0.05, 0.1) is 28.5 Å². The van der Waals surface area contributed by atoms with Crippen LogP contribution in [0.15, 0.2) is 51.8 Å². The summed E-state index contributed by atoms with van der Waals surface area (Å²) in [4.78, 5) is 11.2. The Bertz CT molecular complexity index is 1230. The number of halogens is 1. The SMILES string of the molecule is COc1ccc(-c2nnc(-c3cc(S(=O)(=O)N4CCC(C(=O)O)CC4)ccc3Cl)o2)cc1. The summed E-state index contributed by atoms with van der Waals surface area (Å²) in [5.74, 6) is -0.413. The van der Waals surface area contributed by atoms with Crippen LogP contribution in [0, 0.1) is 5.92 Å². The van der Waals surface area contributed by atoms with Gasteiger partial charge in [0.1, 0.15) is 5.75 Å². The number of carbonyl (C=O) groups is 1. The number of carboxylic acid groups (broad SMARTS) is 1. The topological polar surface area (TPSA) is 123 Å². The maximum absolute atomic E-state index is 13.1. The smallest absolute Gasteiger partial charge is 0.306 e. The summed E-state index contributed by atoms with van der Waals surface area (Å²) in [6.45, 7) is 0.277. The second-order valence-corrected chi connectivity index (χ2v) is 9.64. The molecule has 1 N–H and O–H groups in total. The molecule has 1 aromatic heterocycles. The van der Waals surface area contributed by atoms with E-state index in [9.17, 15) is 13.2 Å². The molecule has 11 heteroatoms. The van der Waals surface area contributed by atoms with E-state index in [2.05, 4.69) is 10.2 Å². The Kier molecular flexibility index (Phi) is 6.18. The van der Waals surface area contributed by atoms with Gasteiger partial charge in [0.2, 0.25) is 21.8 Å². The normalized spacial score (nSPS) is 15.6. The van der Waals surface area contributed by atoms with Crippen LogP contribution in [-0.4, -0.2) is 54.2 Å². The van der Waals surface area contributed by atoms with E-state index in [1.54, 1.807) is 31.4 Å². The summed E-state index contributed by atoms with van der Waals surface area (Å²) in [6, 6.07) is 11.3. The lowest BCUT2D eigenvalue weighted by Gasteiger charge is -2.29. The Morgan fingerprint density at radius 2 is 1.78 bits per heavy atom. The molecule has 0 amide bonds. The minimum atomic E-state index is -3.83. The number of hydrogen-bond donors (Lipinski definition) is 1. The molecule has 0 unspecified atom stereocenters. The molecule has 0 saturated carbocycles. The molecule has 0 radical (unpaired) electrons. The van der Waals surface area contributed by atoms with E-state index >= 15 is 0 Å². The van der Waals surface area contributed by atoms with E-state index in [0.717, 1.165) is 0 Å². The fourth-order valence-corrected chi connectivity index (χ4v) is 5.20. The third kappa shape index (κ3) is 4.34. The van der Waals surface area contributed by atoms with Gasteiger partial charge in [-0.2, -0.15) is 4.31 Å². The number of nitrogens with zero attached hydrogens (tertiary/aromatic N) is 3. The van der Waals surface area contributed by atoms with Gasteiger partial charge in [0, 0.05) is 18.7 Å². The maximum Gasteiger partial charge on any atom is 0.306 e. The molecule has 0 aliphatic carbocycles. The highest BCUT2D eigenvalue weighted by molar-refractivity contribution is 7.89. The Morgan fingerprint density at radius 3 is 2.41 bits per heavy atom. The molecular weight excluding hydrogens is 458 g/mol. The van der Waals surface area contributed by atoms with Crippen LogP contribution >= 0.6 is 11.6 Å². The minimum Gasteiger partial charge on any atom is -0.497 e. The van der Waals surface area contributed by atoms with Crippen LogP contribution in [0.3, 0.4) is 0 Å². The van der Waals surface area contributed by atoms with Crippen molar-refractivity contribution in [2.24, 2.45) is 5.92 Å². The first-order valence-corrected chi connectivity index (χ1v) is 11.6. The highest BCUT2D eigenvalue weighted by atomic mass is 35.5. The van der Waals surface area contributed by atoms with E-state index in [-0.39, 0.29) is 47.6 Å². The first-order chi connectivity index (χ1) is 15.3. The van der Waals surface area contributed by atoms with Crippen LogP contribution in [0.25, 0.3) is 22.9 Å². The lowest BCUT2D eigenvalue weighted by Crippen LogP contribution is -2.40. The minimum absolute atomic E-state index is 0.0230. The molecule has 2 heterocycles. The van der Waals surface area contributed by atoms with E-state index in [4.69, 9.17) is 25.9 Å². The van der Waals surface area contributed by atoms with Gasteiger partial charge in [-0.3, -0.25) is 4.79 Å². The molecule has 1 aliphatic rings. The van der Waals surface area contributed by atoms with Crippen LogP contribution in [0.4, 0.5) is 0 Å². The van der Waals surface area contributed by atoms with Gasteiger partial charge in [0.15, 0.2) is 0 Å². The first kappa shape index (κ1) is 22.3. The van der Waals surface area contributed by atoms with Gasteiger partial charge in [-0.05, 0) is 55.3 Å². The largest absolute Gasteiger partial charge is 0.497 e. The average molecular weight is 478 g/mol. The fraction of sp³-hybridized carbons (Fsp3) is 0.286. The molecule has 1 fully saturated rings. The van der Waals surface area contributed by atoms with E-state index in [1.165, 1.54) is 22.5 Å². The van der Waals surface area contributed by atoms with Crippen molar-refractivity contribution in [3.05, 3.63) is 47.5 Å². The number of benzene rings is 2. The van der Waals surface area contributed by atoms with Gasteiger partial charge in [0.25, 0.3) is 0 Å². The van der Waals surface area contributed by atoms with Gasteiger partial charge in [-0.25, -0.2) is 8.42 Å². The van der Waals surface area contributed by atoms with Crippen LogP contribution in [0.2, 0.25) is 5.02 Å². The molecule has 0 bridgehead atoms. The number of sulfonamides is 1. The van der Waals surface area contributed by atoms with Crippen molar-refractivity contribution in [3.63, 3.8) is 0 Å². The van der Waals surface area contributed by atoms with Crippen molar-refractivity contribution < 1.29 is 27.5 Å². The molecular formula is C21H20ClN3O6S. The summed E-state index contributed by atoms with van der Waals surface area (Å²) in [6.07, 6.45) is 0.535. The summed E-state index contributed by atoms with van der Waals surface area (Å²) in [5, 5.41) is 17.5. The van der Waals surface area contributed by atoms with E-state index < -0.39 is 21.9 Å². The van der Waals surface area contributed by atoms with Gasteiger partial charge in [-0.1, -0.05) is 11.6 Å². The Morgan fingerprint density at radius 1 is 1.12 bits per heavy atom. The third-order valence-electron chi connectivity index (χ3n) is 5.37. The molecule has 168 valence electrons. The number of ether oxygens (including phenoxy) is 1. The number of methoxy groups -OCH3 is 1. The molecule has 1 saturated heterocycles. The first-order valence-electron chi connectivity index (χ1n) is 9.80. The summed E-state index contributed by atoms with van der Waals surface area (Å²) < 4.78 is 38.4. The number of rotatable bonds is 6. The number of hydrogen-bond acceptors (Lipinski definition) is 7. The molecule has 3 aromatic rings. The number of piperidine rings is 1. The Labute approximate surface area is 189 Å². The lowest BCUT2D eigenvalue weighted by atomic mass is 9.99. The Hall–Kier alpha value is -2.95. The highest BCUT2D eigenvalue weighted by Gasteiger charge is 2.32. The van der Waals surface area contributed by atoms with Crippen LogP contribution in [0.5, 0.6) is 5.75 Å². The maximum atomic E-state index is 13.1. The van der Waals surface area contributed by atoms with Crippen molar-refractivity contribution in [1.82, 2.24) is 14.5 Å². The second-order valence-electron chi connectivity index (χ2n) is 7.30. The number of aromatic nitrogens is 2. The summed E-state index contributed by atoms with van der Waals surface area (Å²) >= 11 is 6.30. The average Bonchev–Trinajstić information content (AvgIpc) is 3.29. The molecule has 2 aromatic carbocycles. The zero-order valence-electron chi connectivity index (χ0n) is 17.1. The van der Waals surface area contributed by atoms with Crippen LogP contribution in [-0.2, 0) is 14.8 Å². The summed E-state index contributed by atoms with van der Waals surface area (Å²) in [5.41, 5.74) is 0.964. The monoisotopic (exact) mass is 477 g/mol. The molecule has 0 spiro atoms. The van der Waals surface area contributed by atoms with Crippen molar-refractivity contribution >= 4 is 27.6 Å². The Balaban J connectivity index is 1.61.